The van der Waals surface area contributed by atoms with E-state index in [0.717, 1.165) is 4.47 Å². The number of nitrogens with zero attached hydrogens (tertiary/aromatic N) is 1. The number of nitrogens with one attached hydrogen (secondary N) is 3. The van der Waals surface area contributed by atoms with Crippen LogP contribution in [0.5, 0.6) is 0 Å². The highest BCUT2D eigenvalue weighted by Gasteiger charge is 2.21. The number of hydrogen-bond donors (Lipinski definition) is 3. The van der Waals surface area contributed by atoms with Gasteiger partial charge in [-0.2, -0.15) is 0 Å². The average molecular weight is 546 g/mol. The highest BCUT2D eigenvalue weighted by molar-refractivity contribution is 9.10. The van der Waals surface area contributed by atoms with E-state index < -0.39 is 17.7 Å². The van der Waals surface area contributed by atoms with E-state index in [9.17, 15) is 14.4 Å². The van der Waals surface area contributed by atoms with Gasteiger partial charge in [-0.15, -0.1) is 0 Å². The van der Waals surface area contributed by atoms with E-state index in [2.05, 4.69) is 32.0 Å². The third-order valence-electron chi connectivity index (χ3n) is 4.60. The first-order chi connectivity index (χ1) is 15.8. The Hall–Kier alpha value is -3.33. The first-order valence-corrected chi connectivity index (χ1v) is 11.1. The maximum Gasteiger partial charge on any atom is 0.328 e. The molecule has 10 heteroatoms. The van der Waals surface area contributed by atoms with Gasteiger partial charge in [0.2, 0.25) is 0 Å². The number of hydrogen-bond acceptors (Lipinski definition) is 3. The van der Waals surface area contributed by atoms with E-state index in [1.54, 1.807) is 66.7 Å². The van der Waals surface area contributed by atoms with E-state index in [1.807, 2.05) is 0 Å². The number of carbonyl (C=O) groups is 3. The lowest BCUT2D eigenvalue weighted by molar-refractivity contribution is -0.133. The van der Waals surface area contributed by atoms with Crippen molar-refractivity contribution in [3.8, 4) is 0 Å². The van der Waals surface area contributed by atoms with E-state index in [0.29, 0.717) is 32.3 Å². The summed E-state index contributed by atoms with van der Waals surface area (Å²) in [4.78, 5) is 38.1. The van der Waals surface area contributed by atoms with Crippen molar-refractivity contribution in [2.45, 2.75) is 0 Å². The van der Waals surface area contributed by atoms with Gasteiger partial charge in [-0.1, -0.05) is 45.2 Å². The van der Waals surface area contributed by atoms with Gasteiger partial charge in [0, 0.05) is 31.3 Å². The minimum Gasteiger partial charge on any atom is -0.321 e. The molecular weight excluding hydrogens is 531 g/mol. The molecule has 3 N–H and O–H groups in total. The van der Waals surface area contributed by atoms with Crippen LogP contribution in [-0.4, -0.2) is 22.4 Å². The standard InChI is InChI=1S/C23H15BrCl2N4O3/c24-14-4-9-19-13(10-14)11-20(21(31)27-17-7-5-15(25)6-8-17)30(19)29-23(33)22(32)28-18-3-1-2-16(26)12-18/h1-12H,(H,27,31)(H,28,32)(H,29,33). The van der Waals surface area contributed by atoms with Gasteiger partial charge in [0.15, 0.2) is 0 Å². The molecule has 0 saturated heterocycles. The molecule has 0 aliphatic heterocycles. The monoisotopic (exact) mass is 544 g/mol. The predicted octanol–water partition coefficient (Wildman–Crippen LogP) is 5.67. The van der Waals surface area contributed by atoms with Crippen molar-refractivity contribution in [3.05, 3.63) is 93.0 Å². The number of anilines is 2. The third-order valence-corrected chi connectivity index (χ3v) is 5.58. The minimum absolute atomic E-state index is 0.127. The molecule has 4 rings (SSSR count). The third kappa shape index (κ3) is 5.36. The molecule has 0 spiro atoms. The predicted molar refractivity (Wildman–Crippen MR) is 133 cm³/mol. The number of rotatable bonds is 4. The number of amides is 3. The zero-order valence-electron chi connectivity index (χ0n) is 16.7. The molecular formula is C23H15BrCl2N4O3. The summed E-state index contributed by atoms with van der Waals surface area (Å²) in [5, 5.41) is 6.86. The van der Waals surface area contributed by atoms with Gasteiger partial charge < -0.3 is 10.6 Å². The van der Waals surface area contributed by atoms with Gasteiger partial charge in [-0.05, 0) is 66.7 Å². The highest BCUT2D eigenvalue weighted by atomic mass is 79.9. The van der Waals surface area contributed by atoms with Gasteiger partial charge >= 0.3 is 11.8 Å². The first kappa shape index (κ1) is 22.8. The van der Waals surface area contributed by atoms with Gasteiger partial charge in [-0.3, -0.25) is 19.8 Å². The molecule has 0 bridgehead atoms. The van der Waals surface area contributed by atoms with E-state index in [-0.39, 0.29) is 5.69 Å². The van der Waals surface area contributed by atoms with Crippen molar-refractivity contribution >= 4 is 79.1 Å². The normalized spacial score (nSPS) is 10.6. The van der Waals surface area contributed by atoms with Crippen LogP contribution >= 0.6 is 39.1 Å². The zero-order chi connectivity index (χ0) is 23.5. The molecule has 1 aromatic heterocycles. The average Bonchev–Trinajstić information content (AvgIpc) is 3.12. The number of aromatic nitrogens is 1. The summed E-state index contributed by atoms with van der Waals surface area (Å²) >= 11 is 15.2. The van der Waals surface area contributed by atoms with Crippen LogP contribution in [0.2, 0.25) is 10.0 Å². The van der Waals surface area contributed by atoms with E-state index in [1.165, 1.54) is 10.7 Å². The molecule has 0 aliphatic rings. The molecule has 3 amide bonds. The van der Waals surface area contributed by atoms with Crippen LogP contribution in [0.15, 0.2) is 77.3 Å². The van der Waals surface area contributed by atoms with Crippen molar-refractivity contribution in [1.82, 2.24) is 4.68 Å². The molecule has 4 aromatic rings. The van der Waals surface area contributed by atoms with Crippen LogP contribution in [0.1, 0.15) is 10.5 Å². The molecule has 33 heavy (non-hydrogen) atoms. The van der Waals surface area contributed by atoms with Crippen molar-refractivity contribution < 1.29 is 14.4 Å². The molecule has 7 nitrogen and oxygen atoms in total. The van der Waals surface area contributed by atoms with Crippen LogP contribution < -0.4 is 16.1 Å². The fourth-order valence-corrected chi connectivity index (χ4v) is 3.80. The Morgan fingerprint density at radius 2 is 1.52 bits per heavy atom. The SMILES string of the molecule is O=C(Nc1cccc(Cl)c1)C(=O)Nn1c(C(=O)Nc2ccc(Cl)cc2)cc2cc(Br)ccc21. The summed E-state index contributed by atoms with van der Waals surface area (Å²) in [6, 6.07) is 19.9. The minimum atomic E-state index is -0.962. The summed E-state index contributed by atoms with van der Waals surface area (Å²) in [6.07, 6.45) is 0. The molecule has 0 radical (unpaired) electrons. The second-order valence-electron chi connectivity index (χ2n) is 6.93. The number of benzene rings is 3. The highest BCUT2D eigenvalue weighted by Crippen LogP contribution is 2.24. The van der Waals surface area contributed by atoms with Crippen molar-refractivity contribution in [1.29, 1.82) is 0 Å². The Balaban J connectivity index is 1.62. The summed E-state index contributed by atoms with van der Waals surface area (Å²) in [5.41, 5.74) is 4.04. The first-order valence-electron chi connectivity index (χ1n) is 9.56. The Morgan fingerprint density at radius 3 is 2.24 bits per heavy atom. The molecule has 0 saturated carbocycles. The second kappa shape index (κ2) is 9.66. The van der Waals surface area contributed by atoms with Gasteiger partial charge in [0.1, 0.15) is 5.69 Å². The van der Waals surface area contributed by atoms with Crippen LogP contribution in [0.25, 0.3) is 10.9 Å². The molecule has 0 atom stereocenters. The Morgan fingerprint density at radius 1 is 0.758 bits per heavy atom. The smallest absolute Gasteiger partial charge is 0.321 e. The second-order valence-corrected chi connectivity index (χ2v) is 8.72. The number of carbonyl (C=O) groups excluding carboxylic acids is 3. The summed E-state index contributed by atoms with van der Waals surface area (Å²) in [5.74, 6) is -2.36. The van der Waals surface area contributed by atoms with Crippen LogP contribution in [-0.2, 0) is 9.59 Å². The van der Waals surface area contributed by atoms with Gasteiger partial charge in [0.25, 0.3) is 5.91 Å². The Labute approximate surface area is 206 Å². The maximum absolute atomic E-state index is 13.0. The van der Waals surface area contributed by atoms with E-state index >= 15 is 0 Å². The molecule has 3 aromatic carbocycles. The van der Waals surface area contributed by atoms with Crippen LogP contribution in [0, 0.1) is 0 Å². The number of fused-ring (bicyclic) bond motifs is 1. The van der Waals surface area contributed by atoms with Crippen molar-refractivity contribution in [2.75, 3.05) is 16.1 Å². The summed E-state index contributed by atoms with van der Waals surface area (Å²) < 4.78 is 2.06. The lowest BCUT2D eigenvalue weighted by Gasteiger charge is -2.13. The van der Waals surface area contributed by atoms with Gasteiger partial charge in [-0.25, -0.2) is 4.68 Å². The molecule has 166 valence electrons. The summed E-state index contributed by atoms with van der Waals surface area (Å²) in [7, 11) is 0. The fourth-order valence-electron chi connectivity index (χ4n) is 3.11. The summed E-state index contributed by atoms with van der Waals surface area (Å²) in [6.45, 7) is 0. The fraction of sp³-hybridized carbons (Fsp3) is 0. The van der Waals surface area contributed by atoms with Crippen molar-refractivity contribution in [3.63, 3.8) is 0 Å². The lowest BCUT2D eigenvalue weighted by atomic mass is 10.2. The van der Waals surface area contributed by atoms with Crippen LogP contribution in [0.3, 0.4) is 0 Å². The molecule has 0 fully saturated rings. The van der Waals surface area contributed by atoms with Crippen molar-refractivity contribution in [2.24, 2.45) is 0 Å². The zero-order valence-corrected chi connectivity index (χ0v) is 19.8. The Bertz CT molecular complexity index is 1390. The van der Waals surface area contributed by atoms with E-state index in [4.69, 9.17) is 23.2 Å². The van der Waals surface area contributed by atoms with Gasteiger partial charge in [0.05, 0.1) is 5.52 Å². The molecule has 0 aliphatic carbocycles. The quantitative estimate of drug-likeness (QED) is 0.288. The maximum atomic E-state index is 13.0. The topological polar surface area (TPSA) is 92.2 Å². The molecule has 1 heterocycles. The number of halogens is 3. The largest absolute Gasteiger partial charge is 0.328 e. The van der Waals surface area contributed by atoms with Crippen LogP contribution in [0.4, 0.5) is 11.4 Å². The lowest BCUT2D eigenvalue weighted by Crippen LogP contribution is -2.36. The Kier molecular flexibility index (Phi) is 6.69. The molecule has 0 unspecified atom stereocenters.